The third kappa shape index (κ3) is 13.5. The van der Waals surface area contributed by atoms with Crippen molar-refractivity contribution >= 4 is 21.7 Å². The number of unbranched alkanes of at least 4 members (excludes halogenated alkanes) is 10. The lowest BCUT2D eigenvalue weighted by atomic mass is 10.0. The summed E-state index contributed by atoms with van der Waals surface area (Å²) in [7, 11) is -4.10. The number of rotatable bonds is 13. The molecule has 0 heterocycles. The second-order valence-electron chi connectivity index (χ2n) is 6.47. The molecule has 0 spiro atoms. The first-order valence-corrected chi connectivity index (χ1v) is 11.6. The maximum atomic E-state index is 11.3. The average Bonchev–Trinajstić information content (AvgIpc) is 2.60. The van der Waals surface area contributed by atoms with E-state index in [0.717, 1.165) is 18.4 Å². The van der Waals surface area contributed by atoms with Gasteiger partial charge in [-0.2, -0.15) is 8.42 Å². The Morgan fingerprint density at radius 1 is 0.885 bits per heavy atom. The van der Waals surface area contributed by atoms with Crippen LogP contribution in [0.4, 0.5) is 4.39 Å². The molecule has 0 aliphatic rings. The molecule has 0 atom stereocenters. The highest BCUT2D eigenvalue weighted by Gasteiger charge is 2.13. The highest BCUT2D eigenvalue weighted by atomic mass is 35.5. The molecule has 0 aliphatic carbocycles. The molecule has 1 N–H and O–H groups in total. The zero-order valence-corrected chi connectivity index (χ0v) is 17.5. The quantitative estimate of drug-likeness (QED) is 0.218. The van der Waals surface area contributed by atoms with Crippen molar-refractivity contribution in [3.63, 3.8) is 0 Å². The van der Waals surface area contributed by atoms with Gasteiger partial charge in [-0.25, -0.2) is 4.39 Å². The SMILES string of the molecule is CCCCCCCCCCCCCc1ccccc1S(=O)(=O)O.FCCl. The normalized spacial score (nSPS) is 11.1. The Balaban J connectivity index is 0.00000194. The summed E-state index contributed by atoms with van der Waals surface area (Å²) in [4.78, 5) is 0.0621. The van der Waals surface area contributed by atoms with Gasteiger partial charge in [-0.3, -0.25) is 4.55 Å². The third-order valence-corrected chi connectivity index (χ3v) is 5.25. The maximum absolute atomic E-state index is 11.3. The lowest BCUT2D eigenvalue weighted by Gasteiger charge is -2.07. The van der Waals surface area contributed by atoms with E-state index in [2.05, 4.69) is 18.5 Å². The van der Waals surface area contributed by atoms with Crippen molar-refractivity contribution in [3.8, 4) is 0 Å². The Hall–Kier alpha value is -0.650. The lowest BCUT2D eigenvalue weighted by molar-refractivity contribution is 0.481. The standard InChI is InChI=1S/C19H32O3S.CH2ClF/c1-2-3-4-5-6-7-8-9-10-11-12-15-18-16-13-14-17-19(18)23(20,21)22;2-1-3/h13-14,16-17H,2-12,15H2,1H3,(H,20,21,22);1H2. The molecule has 0 aliphatic heterocycles. The molecule has 0 radical (unpaired) electrons. The van der Waals surface area contributed by atoms with Crippen LogP contribution in [0.15, 0.2) is 29.2 Å². The minimum atomic E-state index is -4.10. The summed E-state index contributed by atoms with van der Waals surface area (Å²) in [6, 6.07) is 6.73. The Morgan fingerprint density at radius 2 is 1.31 bits per heavy atom. The fourth-order valence-corrected chi connectivity index (χ4v) is 3.69. The smallest absolute Gasteiger partial charge is 0.282 e. The number of hydrogen-bond donors (Lipinski definition) is 1. The summed E-state index contributed by atoms with van der Waals surface area (Å²) < 4.78 is 41.9. The van der Waals surface area contributed by atoms with Gasteiger partial charge in [0.05, 0.1) is 4.90 Å². The van der Waals surface area contributed by atoms with Gasteiger partial charge in [-0.05, 0) is 24.5 Å². The molecule has 3 nitrogen and oxygen atoms in total. The van der Waals surface area contributed by atoms with Crippen LogP contribution < -0.4 is 0 Å². The molecule has 1 aromatic rings. The van der Waals surface area contributed by atoms with Crippen molar-refractivity contribution in [1.29, 1.82) is 0 Å². The van der Waals surface area contributed by atoms with Crippen LogP contribution in [0.2, 0.25) is 0 Å². The van der Waals surface area contributed by atoms with Gasteiger partial charge in [0.2, 0.25) is 0 Å². The van der Waals surface area contributed by atoms with E-state index in [1.807, 2.05) is 6.07 Å². The number of benzene rings is 1. The molecule has 1 aromatic carbocycles. The molecule has 0 amide bonds. The van der Waals surface area contributed by atoms with Gasteiger partial charge in [0, 0.05) is 0 Å². The topological polar surface area (TPSA) is 54.4 Å². The monoisotopic (exact) mass is 408 g/mol. The lowest BCUT2D eigenvalue weighted by Crippen LogP contribution is -2.03. The predicted octanol–water partition coefficient (Wildman–Crippen LogP) is 6.94. The maximum Gasteiger partial charge on any atom is 0.294 e. The van der Waals surface area contributed by atoms with E-state index in [4.69, 9.17) is 0 Å². The zero-order valence-electron chi connectivity index (χ0n) is 15.9. The molecular weight excluding hydrogens is 375 g/mol. The molecule has 1 rings (SSSR count). The molecular formula is C20H34ClFO3S. The highest BCUT2D eigenvalue weighted by molar-refractivity contribution is 7.85. The molecule has 0 saturated carbocycles. The van der Waals surface area contributed by atoms with Gasteiger partial charge in [0.1, 0.15) is 0 Å². The van der Waals surface area contributed by atoms with Gasteiger partial charge in [0.25, 0.3) is 10.1 Å². The van der Waals surface area contributed by atoms with Gasteiger partial charge in [-0.1, -0.05) is 101 Å². The van der Waals surface area contributed by atoms with Crippen LogP contribution in [-0.4, -0.2) is 19.1 Å². The Kier molecular flexibility index (Phi) is 16.1. The largest absolute Gasteiger partial charge is 0.294 e. The van der Waals surface area contributed by atoms with Crippen LogP contribution in [0.1, 0.15) is 83.1 Å². The van der Waals surface area contributed by atoms with Gasteiger partial charge >= 0.3 is 0 Å². The molecule has 6 heteroatoms. The van der Waals surface area contributed by atoms with Gasteiger partial charge in [0.15, 0.2) is 6.13 Å². The van der Waals surface area contributed by atoms with Crippen LogP contribution in [0.5, 0.6) is 0 Å². The molecule has 152 valence electrons. The summed E-state index contributed by atoms with van der Waals surface area (Å²) in [6.45, 7) is 2.24. The Bertz CT molecular complexity index is 550. The number of halogens is 2. The van der Waals surface area contributed by atoms with Crippen molar-refractivity contribution in [1.82, 2.24) is 0 Å². The van der Waals surface area contributed by atoms with E-state index >= 15 is 0 Å². The minimum Gasteiger partial charge on any atom is -0.282 e. The summed E-state index contributed by atoms with van der Waals surface area (Å²) in [5.74, 6) is 0. The van der Waals surface area contributed by atoms with Crippen molar-refractivity contribution < 1.29 is 17.4 Å². The summed E-state index contributed by atoms with van der Waals surface area (Å²) >= 11 is 4.33. The average molecular weight is 409 g/mol. The molecule has 0 unspecified atom stereocenters. The second-order valence-corrected chi connectivity index (χ2v) is 8.06. The van der Waals surface area contributed by atoms with Crippen LogP contribution in [-0.2, 0) is 16.5 Å². The van der Waals surface area contributed by atoms with Crippen molar-refractivity contribution in [2.45, 2.75) is 88.9 Å². The fraction of sp³-hybridized carbons (Fsp3) is 0.700. The molecule has 0 bridgehead atoms. The molecule has 0 aromatic heterocycles. The minimum absolute atomic E-state index is 0.0621. The van der Waals surface area contributed by atoms with E-state index < -0.39 is 16.3 Å². The van der Waals surface area contributed by atoms with Crippen molar-refractivity contribution in [2.24, 2.45) is 0 Å². The van der Waals surface area contributed by atoms with E-state index in [-0.39, 0.29) is 4.90 Å². The van der Waals surface area contributed by atoms with Crippen molar-refractivity contribution in [2.75, 3.05) is 6.13 Å². The molecule has 0 saturated heterocycles. The number of alkyl halides is 2. The van der Waals surface area contributed by atoms with E-state index in [1.165, 1.54) is 63.9 Å². The number of hydrogen-bond acceptors (Lipinski definition) is 2. The number of aryl methyl sites for hydroxylation is 1. The first-order valence-electron chi connectivity index (χ1n) is 9.64. The van der Waals surface area contributed by atoms with Gasteiger partial charge < -0.3 is 0 Å². The summed E-state index contributed by atoms with van der Waals surface area (Å²) in [5.41, 5.74) is 0.728. The third-order valence-electron chi connectivity index (χ3n) is 4.30. The van der Waals surface area contributed by atoms with Crippen LogP contribution in [0.25, 0.3) is 0 Å². The highest BCUT2D eigenvalue weighted by Crippen LogP contribution is 2.18. The summed E-state index contributed by atoms with van der Waals surface area (Å²) in [6.07, 6.45) is 14.0. The Morgan fingerprint density at radius 3 is 1.77 bits per heavy atom. The van der Waals surface area contributed by atoms with E-state index in [1.54, 1.807) is 12.1 Å². The Labute approximate surface area is 164 Å². The van der Waals surface area contributed by atoms with Crippen LogP contribution in [0, 0.1) is 0 Å². The van der Waals surface area contributed by atoms with E-state index in [9.17, 15) is 17.4 Å². The van der Waals surface area contributed by atoms with Crippen LogP contribution in [0.3, 0.4) is 0 Å². The predicted molar refractivity (Wildman–Crippen MR) is 108 cm³/mol. The molecule has 26 heavy (non-hydrogen) atoms. The first-order chi connectivity index (χ1) is 12.5. The fourth-order valence-electron chi connectivity index (χ4n) is 2.94. The zero-order chi connectivity index (χ0) is 19.7. The second kappa shape index (κ2) is 16.5. The van der Waals surface area contributed by atoms with Gasteiger partial charge in [-0.15, -0.1) is 0 Å². The summed E-state index contributed by atoms with van der Waals surface area (Å²) in [5, 5.41) is 0. The first kappa shape index (κ1) is 25.4. The van der Waals surface area contributed by atoms with E-state index in [0.29, 0.717) is 6.42 Å². The van der Waals surface area contributed by atoms with Crippen LogP contribution >= 0.6 is 11.6 Å². The van der Waals surface area contributed by atoms with Crippen molar-refractivity contribution in [3.05, 3.63) is 29.8 Å². The molecule has 0 fully saturated rings.